The maximum absolute atomic E-state index is 6.23. The van der Waals surface area contributed by atoms with Crippen molar-refractivity contribution < 1.29 is 9.47 Å². The van der Waals surface area contributed by atoms with Crippen LogP contribution in [0.1, 0.15) is 38.7 Å². The van der Waals surface area contributed by atoms with E-state index >= 15 is 0 Å². The molecule has 1 aromatic carbocycles. The predicted octanol–water partition coefficient (Wildman–Crippen LogP) is 2.03. The summed E-state index contributed by atoms with van der Waals surface area (Å²) in [5.41, 5.74) is 11.9. The Morgan fingerprint density at radius 2 is 2.09 bits per heavy atom. The molecule has 2 unspecified atom stereocenters. The molecular formula is C16H24N4O2. The lowest BCUT2D eigenvalue weighted by Gasteiger charge is -2.33. The van der Waals surface area contributed by atoms with Gasteiger partial charge in [0.25, 0.3) is 0 Å². The van der Waals surface area contributed by atoms with E-state index in [9.17, 15) is 0 Å². The molecule has 0 amide bonds. The topological polar surface area (TPSA) is 95.2 Å². The Balaban J connectivity index is 2.40. The molecule has 1 heterocycles. The molecule has 1 aliphatic heterocycles. The van der Waals surface area contributed by atoms with Gasteiger partial charge in [0.05, 0.1) is 13.3 Å². The fourth-order valence-corrected chi connectivity index (χ4v) is 2.37. The zero-order valence-electron chi connectivity index (χ0n) is 13.5. The summed E-state index contributed by atoms with van der Waals surface area (Å²) in [4.78, 5) is 8.28. The minimum absolute atomic E-state index is 0.278. The van der Waals surface area contributed by atoms with Crippen LogP contribution in [0.25, 0.3) is 0 Å². The molecule has 120 valence electrons. The van der Waals surface area contributed by atoms with Crippen molar-refractivity contribution in [3.63, 3.8) is 0 Å². The number of rotatable bonds is 5. The van der Waals surface area contributed by atoms with Crippen LogP contribution in [-0.4, -0.2) is 31.1 Å². The van der Waals surface area contributed by atoms with E-state index in [1.165, 1.54) is 0 Å². The minimum Gasteiger partial charge on any atom is -0.497 e. The molecule has 6 heteroatoms. The summed E-state index contributed by atoms with van der Waals surface area (Å²) in [6.07, 6.45) is 1.62. The molecule has 0 saturated carbocycles. The first-order chi connectivity index (χ1) is 10.4. The van der Waals surface area contributed by atoms with E-state index < -0.39 is 11.9 Å². The summed E-state index contributed by atoms with van der Waals surface area (Å²) < 4.78 is 11.5. The molecule has 0 fully saturated rings. The van der Waals surface area contributed by atoms with E-state index in [0.717, 1.165) is 17.1 Å². The predicted molar refractivity (Wildman–Crippen MR) is 88.8 cm³/mol. The summed E-state index contributed by atoms with van der Waals surface area (Å²) in [6.45, 7) is 6.18. The largest absolute Gasteiger partial charge is 0.497 e. The number of methoxy groups -OCH3 is 1. The van der Waals surface area contributed by atoms with Crippen molar-refractivity contribution in [3.8, 4) is 11.5 Å². The Kier molecular flexibility index (Phi) is 4.71. The molecule has 6 nitrogen and oxygen atoms in total. The highest BCUT2D eigenvalue weighted by atomic mass is 16.5. The van der Waals surface area contributed by atoms with Gasteiger partial charge in [0.15, 0.2) is 11.9 Å². The molecule has 2 atom stereocenters. The van der Waals surface area contributed by atoms with Gasteiger partial charge in [-0.3, -0.25) is 10.7 Å². The van der Waals surface area contributed by atoms with Crippen LogP contribution in [0.15, 0.2) is 28.2 Å². The van der Waals surface area contributed by atoms with Crippen LogP contribution in [-0.2, 0) is 0 Å². The van der Waals surface area contributed by atoms with Gasteiger partial charge in [-0.1, -0.05) is 20.8 Å². The van der Waals surface area contributed by atoms with Crippen molar-refractivity contribution in [1.29, 1.82) is 0 Å². The standard InChI is InChI=1S/C16H24N4O2/c1-5-16(9-19-15(18)20-14(16)17)22-13-7-6-11(21-4)8-12(13)10(2)3/h6-10,15H,5,18H2,1-4H3,(H2,17,20). The van der Waals surface area contributed by atoms with Crippen LogP contribution in [0, 0.1) is 0 Å². The first-order valence-electron chi connectivity index (χ1n) is 7.42. The van der Waals surface area contributed by atoms with Gasteiger partial charge in [-0.2, -0.15) is 0 Å². The minimum atomic E-state index is -0.853. The monoisotopic (exact) mass is 304 g/mol. The maximum Gasteiger partial charge on any atom is 0.200 e. The van der Waals surface area contributed by atoms with E-state index in [2.05, 4.69) is 23.8 Å². The summed E-state index contributed by atoms with van der Waals surface area (Å²) in [5, 5.41) is 0. The van der Waals surface area contributed by atoms with Gasteiger partial charge in [0, 0.05) is 5.56 Å². The first-order valence-corrected chi connectivity index (χ1v) is 7.42. The third-order valence-corrected chi connectivity index (χ3v) is 3.80. The van der Waals surface area contributed by atoms with Gasteiger partial charge >= 0.3 is 0 Å². The number of amidine groups is 1. The lowest BCUT2D eigenvalue weighted by Crippen LogP contribution is -2.53. The SMILES string of the molecule is CCC1(Oc2ccc(OC)cc2C(C)C)C=NC(N)N=C1N. The van der Waals surface area contributed by atoms with E-state index in [4.69, 9.17) is 20.9 Å². The number of benzene rings is 1. The second-order valence-electron chi connectivity index (χ2n) is 5.61. The summed E-state index contributed by atoms with van der Waals surface area (Å²) in [6, 6.07) is 5.73. The number of hydrogen-bond acceptors (Lipinski definition) is 6. The van der Waals surface area contributed by atoms with Crippen molar-refractivity contribution in [2.75, 3.05) is 7.11 Å². The first kappa shape index (κ1) is 16.3. The highest BCUT2D eigenvalue weighted by molar-refractivity contribution is 6.05. The number of ether oxygens (including phenoxy) is 2. The average molecular weight is 304 g/mol. The Labute approximate surface area is 131 Å². The molecule has 4 N–H and O–H groups in total. The second-order valence-corrected chi connectivity index (χ2v) is 5.61. The highest BCUT2D eigenvalue weighted by Crippen LogP contribution is 2.33. The Morgan fingerprint density at radius 1 is 1.36 bits per heavy atom. The number of nitrogens with two attached hydrogens (primary N) is 2. The number of hydrogen-bond donors (Lipinski definition) is 2. The molecule has 2 rings (SSSR count). The molecule has 0 saturated heterocycles. The van der Waals surface area contributed by atoms with Crippen molar-refractivity contribution in [2.24, 2.45) is 21.5 Å². The fourth-order valence-electron chi connectivity index (χ4n) is 2.37. The zero-order valence-corrected chi connectivity index (χ0v) is 13.5. The average Bonchev–Trinajstić information content (AvgIpc) is 2.50. The lowest BCUT2D eigenvalue weighted by molar-refractivity contribution is 0.203. The fraction of sp³-hybridized carbons (Fsp3) is 0.500. The lowest BCUT2D eigenvalue weighted by atomic mass is 9.97. The van der Waals surface area contributed by atoms with Gasteiger partial charge in [0.1, 0.15) is 17.3 Å². The third-order valence-electron chi connectivity index (χ3n) is 3.80. The molecular weight excluding hydrogens is 280 g/mol. The summed E-state index contributed by atoms with van der Waals surface area (Å²) in [7, 11) is 1.65. The highest BCUT2D eigenvalue weighted by Gasteiger charge is 2.37. The van der Waals surface area contributed by atoms with Crippen LogP contribution in [0.2, 0.25) is 0 Å². The smallest absolute Gasteiger partial charge is 0.200 e. The molecule has 1 aromatic rings. The molecule has 1 aliphatic rings. The van der Waals surface area contributed by atoms with Crippen molar-refractivity contribution in [3.05, 3.63) is 23.8 Å². The van der Waals surface area contributed by atoms with Gasteiger partial charge in [0.2, 0.25) is 0 Å². The van der Waals surface area contributed by atoms with Crippen LogP contribution in [0.3, 0.4) is 0 Å². The van der Waals surface area contributed by atoms with Crippen LogP contribution in [0.5, 0.6) is 11.5 Å². The molecule has 0 bridgehead atoms. The van der Waals surface area contributed by atoms with Crippen LogP contribution in [0.4, 0.5) is 0 Å². The Bertz CT molecular complexity index is 598. The molecule has 0 spiro atoms. The molecule has 22 heavy (non-hydrogen) atoms. The van der Waals surface area contributed by atoms with Crippen LogP contribution >= 0.6 is 0 Å². The van der Waals surface area contributed by atoms with Gasteiger partial charge < -0.3 is 15.2 Å². The van der Waals surface area contributed by atoms with E-state index in [1.54, 1.807) is 13.3 Å². The number of nitrogens with zero attached hydrogens (tertiary/aromatic N) is 2. The maximum atomic E-state index is 6.23. The second kappa shape index (κ2) is 6.36. The van der Waals surface area contributed by atoms with Crippen LogP contribution < -0.4 is 20.9 Å². The van der Waals surface area contributed by atoms with E-state index in [1.807, 2.05) is 25.1 Å². The third kappa shape index (κ3) is 3.06. The summed E-state index contributed by atoms with van der Waals surface area (Å²) in [5.74, 6) is 2.17. The van der Waals surface area contributed by atoms with Crippen molar-refractivity contribution >= 4 is 12.1 Å². The molecule has 0 aromatic heterocycles. The van der Waals surface area contributed by atoms with Gasteiger partial charge in [-0.15, -0.1) is 0 Å². The number of aliphatic imine (C=N–C) groups is 2. The van der Waals surface area contributed by atoms with E-state index in [0.29, 0.717) is 12.3 Å². The zero-order chi connectivity index (χ0) is 16.3. The van der Waals surface area contributed by atoms with Crippen molar-refractivity contribution in [2.45, 2.75) is 45.0 Å². The van der Waals surface area contributed by atoms with Gasteiger partial charge in [-0.05, 0) is 30.5 Å². The molecule has 0 aliphatic carbocycles. The van der Waals surface area contributed by atoms with Crippen molar-refractivity contribution in [1.82, 2.24) is 0 Å². The van der Waals surface area contributed by atoms with Gasteiger partial charge in [-0.25, -0.2) is 4.99 Å². The Hall–Kier alpha value is -2.08. The Morgan fingerprint density at radius 3 is 2.64 bits per heavy atom. The quantitative estimate of drug-likeness (QED) is 0.870. The molecule has 0 radical (unpaired) electrons. The van der Waals surface area contributed by atoms with E-state index in [-0.39, 0.29) is 5.92 Å². The summed E-state index contributed by atoms with van der Waals surface area (Å²) >= 11 is 0. The normalized spacial score (nSPS) is 24.3.